The molecule has 0 unspecified atom stereocenters. The van der Waals surface area contributed by atoms with Crippen molar-refractivity contribution < 1.29 is 17.2 Å². The maximum Gasteiger partial charge on any atom is 0.265 e. The molecule has 6 heteroatoms. The van der Waals surface area contributed by atoms with Crippen molar-refractivity contribution in [3.8, 4) is 0 Å². The molecule has 0 amide bonds. The predicted molar refractivity (Wildman–Crippen MR) is 96.6 cm³/mol. The number of hydrogen-bond acceptors (Lipinski definition) is 2. The lowest BCUT2D eigenvalue weighted by atomic mass is 9.96. The monoisotopic (exact) mass is 382 g/mol. The van der Waals surface area contributed by atoms with Gasteiger partial charge in [0.1, 0.15) is 0 Å². The van der Waals surface area contributed by atoms with Gasteiger partial charge in [-0.3, -0.25) is 0 Å². The van der Waals surface area contributed by atoms with Crippen LogP contribution in [-0.2, 0) is 9.84 Å². The SMILES string of the molecule is CS(=O)(=O)c1ccc(C2=C(c3ccc(Cl)c(C(F)F)c3)CCC2)cc1. The zero-order valence-corrected chi connectivity index (χ0v) is 15.2. The zero-order valence-electron chi connectivity index (χ0n) is 13.6. The summed E-state index contributed by atoms with van der Waals surface area (Å²) in [5, 5.41) is 0.0661. The summed E-state index contributed by atoms with van der Waals surface area (Å²) in [5.74, 6) is 0. The average Bonchev–Trinajstić information content (AvgIpc) is 3.04. The highest BCUT2D eigenvalue weighted by Gasteiger charge is 2.20. The van der Waals surface area contributed by atoms with Crippen LogP contribution in [0.3, 0.4) is 0 Å². The lowest BCUT2D eigenvalue weighted by Gasteiger charge is -2.11. The van der Waals surface area contributed by atoms with E-state index in [0.717, 1.165) is 41.5 Å². The van der Waals surface area contributed by atoms with Crippen LogP contribution in [-0.4, -0.2) is 14.7 Å². The van der Waals surface area contributed by atoms with Gasteiger partial charge in [0, 0.05) is 16.8 Å². The summed E-state index contributed by atoms with van der Waals surface area (Å²) in [7, 11) is -3.24. The van der Waals surface area contributed by atoms with Crippen LogP contribution in [0.1, 0.15) is 42.4 Å². The molecule has 1 aliphatic rings. The van der Waals surface area contributed by atoms with E-state index in [9.17, 15) is 17.2 Å². The number of benzene rings is 2. The number of halogens is 3. The minimum Gasteiger partial charge on any atom is -0.224 e. The molecular weight excluding hydrogens is 366 g/mol. The van der Waals surface area contributed by atoms with Crippen LogP contribution < -0.4 is 0 Å². The molecule has 2 aromatic rings. The van der Waals surface area contributed by atoms with Gasteiger partial charge in [0.2, 0.25) is 0 Å². The van der Waals surface area contributed by atoms with E-state index >= 15 is 0 Å². The summed E-state index contributed by atoms with van der Waals surface area (Å²) < 4.78 is 49.4. The minimum atomic E-state index is -3.24. The molecule has 2 nitrogen and oxygen atoms in total. The third-order valence-electron chi connectivity index (χ3n) is 4.43. The second kappa shape index (κ2) is 6.89. The molecule has 25 heavy (non-hydrogen) atoms. The fourth-order valence-corrected chi connectivity index (χ4v) is 4.01. The van der Waals surface area contributed by atoms with Gasteiger partial charge in [-0.1, -0.05) is 29.8 Å². The van der Waals surface area contributed by atoms with Crippen molar-refractivity contribution in [3.63, 3.8) is 0 Å². The smallest absolute Gasteiger partial charge is 0.224 e. The van der Waals surface area contributed by atoms with Gasteiger partial charge >= 0.3 is 0 Å². The molecule has 0 fully saturated rings. The second-order valence-electron chi connectivity index (χ2n) is 6.14. The van der Waals surface area contributed by atoms with E-state index in [0.29, 0.717) is 0 Å². The van der Waals surface area contributed by atoms with Crippen molar-refractivity contribution in [2.75, 3.05) is 6.26 Å². The standard InChI is InChI=1S/C19H17ClF2O2S/c1-25(23,24)14-8-5-12(6-9-14)15-3-2-4-16(15)13-7-10-18(20)17(11-13)19(21)22/h5-11,19H,2-4H2,1H3. The Morgan fingerprint density at radius 2 is 1.52 bits per heavy atom. The molecule has 0 heterocycles. The molecule has 3 rings (SSSR count). The van der Waals surface area contributed by atoms with Gasteiger partial charge in [0.05, 0.1) is 4.90 Å². The normalized spacial score (nSPS) is 15.2. The topological polar surface area (TPSA) is 34.1 Å². The van der Waals surface area contributed by atoms with Crippen molar-refractivity contribution in [2.45, 2.75) is 30.6 Å². The minimum absolute atomic E-state index is 0.0661. The van der Waals surface area contributed by atoms with E-state index in [1.807, 2.05) is 0 Å². The van der Waals surface area contributed by atoms with Crippen molar-refractivity contribution >= 4 is 32.6 Å². The molecule has 132 valence electrons. The Kier molecular flexibility index (Phi) is 4.98. The fourth-order valence-electron chi connectivity index (χ4n) is 3.18. The molecule has 0 radical (unpaired) electrons. The first-order chi connectivity index (χ1) is 11.8. The summed E-state index contributed by atoms with van der Waals surface area (Å²) >= 11 is 5.86. The van der Waals surface area contributed by atoms with Crippen LogP contribution in [0, 0.1) is 0 Å². The molecule has 0 aliphatic heterocycles. The predicted octanol–water partition coefficient (Wildman–Crippen LogP) is 5.78. The fraction of sp³-hybridized carbons (Fsp3) is 0.263. The molecule has 0 bridgehead atoms. The van der Waals surface area contributed by atoms with Gasteiger partial charge in [0.15, 0.2) is 9.84 Å². The number of allylic oxidation sites excluding steroid dienone is 2. The quantitative estimate of drug-likeness (QED) is 0.672. The Bertz CT molecular complexity index is 932. The average molecular weight is 383 g/mol. The van der Waals surface area contributed by atoms with E-state index in [1.165, 1.54) is 18.4 Å². The Hall–Kier alpha value is -1.72. The van der Waals surface area contributed by atoms with Gasteiger partial charge in [-0.05, 0) is 65.8 Å². The highest BCUT2D eigenvalue weighted by molar-refractivity contribution is 7.90. The lowest BCUT2D eigenvalue weighted by Crippen LogP contribution is -1.97. The van der Waals surface area contributed by atoms with Crippen molar-refractivity contribution in [1.82, 2.24) is 0 Å². The van der Waals surface area contributed by atoms with Gasteiger partial charge in [-0.2, -0.15) is 0 Å². The number of hydrogen-bond donors (Lipinski definition) is 0. The van der Waals surface area contributed by atoms with E-state index in [-0.39, 0.29) is 15.5 Å². The first-order valence-corrected chi connectivity index (χ1v) is 10.1. The Morgan fingerprint density at radius 3 is 2.08 bits per heavy atom. The van der Waals surface area contributed by atoms with E-state index in [4.69, 9.17) is 11.6 Å². The number of alkyl halides is 2. The number of rotatable bonds is 4. The maximum atomic E-state index is 13.1. The Morgan fingerprint density at radius 1 is 0.960 bits per heavy atom. The maximum absolute atomic E-state index is 13.1. The molecule has 0 atom stereocenters. The van der Waals surface area contributed by atoms with Crippen LogP contribution in [0.5, 0.6) is 0 Å². The first-order valence-electron chi connectivity index (χ1n) is 7.88. The van der Waals surface area contributed by atoms with Crippen molar-refractivity contribution in [3.05, 3.63) is 64.2 Å². The molecular formula is C19H17ClF2O2S. The van der Waals surface area contributed by atoms with Gasteiger partial charge in [-0.15, -0.1) is 0 Å². The lowest BCUT2D eigenvalue weighted by molar-refractivity contribution is 0.151. The molecule has 0 aromatic heterocycles. The Labute approximate surface area is 151 Å². The van der Waals surface area contributed by atoms with Crippen LogP contribution in [0.25, 0.3) is 11.1 Å². The molecule has 1 aliphatic carbocycles. The van der Waals surface area contributed by atoms with Crippen molar-refractivity contribution in [2.24, 2.45) is 0 Å². The van der Waals surface area contributed by atoms with Crippen LogP contribution in [0.2, 0.25) is 5.02 Å². The highest BCUT2D eigenvalue weighted by Crippen LogP contribution is 2.41. The molecule has 0 N–H and O–H groups in total. The summed E-state index contributed by atoms with van der Waals surface area (Å²) in [6.07, 6.45) is 1.12. The third kappa shape index (κ3) is 3.77. The summed E-state index contributed by atoms with van der Waals surface area (Å²) in [4.78, 5) is 0.267. The summed E-state index contributed by atoms with van der Waals surface area (Å²) in [6.45, 7) is 0. The van der Waals surface area contributed by atoms with Gasteiger partial charge in [0.25, 0.3) is 6.43 Å². The van der Waals surface area contributed by atoms with E-state index in [1.54, 1.807) is 30.3 Å². The third-order valence-corrected chi connectivity index (χ3v) is 5.90. The molecule has 0 saturated carbocycles. The van der Waals surface area contributed by atoms with Gasteiger partial charge in [-0.25, -0.2) is 17.2 Å². The number of sulfone groups is 1. The van der Waals surface area contributed by atoms with Crippen molar-refractivity contribution in [1.29, 1.82) is 0 Å². The van der Waals surface area contributed by atoms with Crippen LogP contribution in [0.15, 0.2) is 47.4 Å². The van der Waals surface area contributed by atoms with E-state index < -0.39 is 16.3 Å². The molecule has 0 saturated heterocycles. The zero-order chi connectivity index (χ0) is 18.2. The van der Waals surface area contributed by atoms with Crippen LogP contribution in [0.4, 0.5) is 8.78 Å². The largest absolute Gasteiger partial charge is 0.265 e. The summed E-state index contributed by atoms with van der Waals surface area (Å²) in [6, 6.07) is 11.5. The summed E-state index contributed by atoms with van der Waals surface area (Å²) in [5.41, 5.74) is 3.60. The highest BCUT2D eigenvalue weighted by atomic mass is 35.5. The van der Waals surface area contributed by atoms with E-state index in [2.05, 4.69) is 0 Å². The van der Waals surface area contributed by atoms with Crippen LogP contribution >= 0.6 is 11.6 Å². The molecule has 0 spiro atoms. The first kappa shape index (κ1) is 18.1. The second-order valence-corrected chi connectivity index (χ2v) is 8.57. The molecule has 2 aromatic carbocycles. The Balaban J connectivity index is 2.05. The van der Waals surface area contributed by atoms with Gasteiger partial charge < -0.3 is 0 Å².